The van der Waals surface area contributed by atoms with Crippen LogP contribution in [0.4, 0.5) is 17.8 Å². The van der Waals surface area contributed by atoms with Gasteiger partial charge in [0.25, 0.3) is 0 Å². The summed E-state index contributed by atoms with van der Waals surface area (Å²) in [6, 6.07) is 8.20. The SMILES string of the molecule is COc1cccc(CCNc2nc(N3CCCCC3)nc(N3CCCCC3)n2)c1.N.N.N.N.[HH].[HH].[HH].[HH]. The topological polar surface area (TPSA) is 206 Å². The minimum Gasteiger partial charge on any atom is -0.497 e. The number of ether oxygens (including phenoxy) is 1. The predicted octanol–water partition coefficient (Wildman–Crippen LogP) is 5.15. The molecule has 11 heteroatoms. The van der Waals surface area contributed by atoms with E-state index < -0.39 is 0 Å². The molecule has 3 heterocycles. The van der Waals surface area contributed by atoms with E-state index in [-0.39, 0.29) is 30.3 Å². The zero-order valence-corrected chi connectivity index (χ0v) is 20.3. The molecule has 2 saturated heterocycles. The van der Waals surface area contributed by atoms with Crippen molar-refractivity contribution in [3.8, 4) is 5.75 Å². The molecule has 0 radical (unpaired) electrons. The maximum absolute atomic E-state index is 5.32. The Morgan fingerprint density at radius 3 is 1.88 bits per heavy atom. The molecule has 0 spiro atoms. The molecule has 196 valence electrons. The number of benzene rings is 1. The Hall–Kier alpha value is -2.73. The van der Waals surface area contributed by atoms with Crippen molar-refractivity contribution in [1.82, 2.24) is 39.6 Å². The molecular formula is C22H52N10O. The smallest absolute Gasteiger partial charge is 0.231 e. The molecule has 0 bridgehead atoms. The maximum Gasteiger partial charge on any atom is 0.231 e. The van der Waals surface area contributed by atoms with Gasteiger partial charge < -0.3 is 44.5 Å². The minimum absolute atomic E-state index is 0. The van der Waals surface area contributed by atoms with Crippen molar-refractivity contribution in [2.24, 2.45) is 0 Å². The van der Waals surface area contributed by atoms with E-state index in [4.69, 9.17) is 19.7 Å². The summed E-state index contributed by atoms with van der Waals surface area (Å²) in [5, 5.41) is 3.43. The van der Waals surface area contributed by atoms with E-state index in [0.29, 0.717) is 5.95 Å². The van der Waals surface area contributed by atoms with Gasteiger partial charge in [0.1, 0.15) is 5.75 Å². The van der Waals surface area contributed by atoms with Crippen molar-refractivity contribution in [2.45, 2.75) is 44.9 Å². The molecule has 1 aromatic carbocycles. The van der Waals surface area contributed by atoms with Gasteiger partial charge in [0.15, 0.2) is 0 Å². The third kappa shape index (κ3) is 8.28. The first-order valence-corrected chi connectivity index (χ1v) is 10.9. The Morgan fingerprint density at radius 2 is 1.36 bits per heavy atom. The van der Waals surface area contributed by atoms with E-state index in [1.807, 2.05) is 12.1 Å². The zero-order chi connectivity index (χ0) is 19.9. The molecule has 2 aliphatic heterocycles. The lowest BCUT2D eigenvalue weighted by atomic mass is 10.1. The molecule has 33 heavy (non-hydrogen) atoms. The van der Waals surface area contributed by atoms with Crippen molar-refractivity contribution in [2.75, 3.05) is 55.0 Å². The van der Waals surface area contributed by atoms with Crippen molar-refractivity contribution in [3.63, 3.8) is 0 Å². The van der Waals surface area contributed by atoms with Crippen molar-refractivity contribution in [1.29, 1.82) is 0 Å². The van der Waals surface area contributed by atoms with Crippen molar-refractivity contribution < 1.29 is 10.4 Å². The van der Waals surface area contributed by atoms with Crippen LogP contribution in [0.2, 0.25) is 0 Å². The van der Waals surface area contributed by atoms with E-state index in [2.05, 4.69) is 27.2 Å². The van der Waals surface area contributed by atoms with Gasteiger partial charge >= 0.3 is 0 Å². The highest BCUT2D eigenvalue weighted by atomic mass is 16.5. The first kappa shape index (κ1) is 30.3. The van der Waals surface area contributed by atoms with Crippen LogP contribution in [-0.4, -0.2) is 54.8 Å². The van der Waals surface area contributed by atoms with Crippen LogP contribution < -0.4 is 44.5 Å². The third-order valence-corrected chi connectivity index (χ3v) is 5.72. The molecule has 13 N–H and O–H groups in total. The number of hydrogen-bond donors (Lipinski definition) is 5. The molecule has 4 rings (SSSR count). The molecule has 1 aromatic heterocycles. The standard InChI is InChI=1S/C22H32N6O.4H3N.4H2/c1-29-19-10-8-9-18(17-19)11-12-23-20-24-21(27-13-4-2-5-14-27)26-22(25-20)28-15-6-3-7-16-28;;;;;;;;/h8-10,17H,2-7,11-16H2,1H3,(H,23,24,25,26);4*1H3;4*1H. The summed E-state index contributed by atoms with van der Waals surface area (Å²) in [4.78, 5) is 19.0. The van der Waals surface area contributed by atoms with Gasteiger partial charge in [-0.15, -0.1) is 0 Å². The summed E-state index contributed by atoms with van der Waals surface area (Å²) in [6.45, 7) is 4.91. The normalized spacial score (nSPS) is 15.2. The van der Waals surface area contributed by atoms with E-state index in [1.54, 1.807) is 7.11 Å². The summed E-state index contributed by atoms with van der Waals surface area (Å²) in [5.41, 5.74) is 1.23. The summed E-state index contributed by atoms with van der Waals surface area (Å²) in [6.07, 6.45) is 8.33. The molecule has 0 aliphatic carbocycles. The van der Waals surface area contributed by atoms with Gasteiger partial charge in [-0.1, -0.05) is 12.1 Å². The Balaban J connectivity index is -0.000000427. The largest absolute Gasteiger partial charge is 0.497 e. The number of nitrogens with one attached hydrogen (secondary N) is 1. The van der Waals surface area contributed by atoms with Crippen molar-refractivity contribution in [3.05, 3.63) is 29.8 Å². The van der Waals surface area contributed by atoms with Crippen LogP contribution in [0.3, 0.4) is 0 Å². The minimum atomic E-state index is 0. The number of nitrogens with zero attached hydrogens (tertiary/aromatic N) is 5. The van der Waals surface area contributed by atoms with Gasteiger partial charge in [0.2, 0.25) is 17.8 Å². The van der Waals surface area contributed by atoms with Crippen molar-refractivity contribution >= 4 is 17.8 Å². The van der Waals surface area contributed by atoms with E-state index in [1.165, 1.54) is 44.1 Å². The van der Waals surface area contributed by atoms with Gasteiger partial charge in [-0.3, -0.25) is 0 Å². The average Bonchev–Trinajstić information content (AvgIpc) is 2.80. The Morgan fingerprint density at radius 1 is 0.818 bits per heavy atom. The second-order valence-corrected chi connectivity index (χ2v) is 7.88. The molecule has 11 nitrogen and oxygen atoms in total. The highest BCUT2D eigenvalue weighted by molar-refractivity contribution is 5.46. The van der Waals surface area contributed by atoms with Gasteiger partial charge in [-0.25, -0.2) is 0 Å². The van der Waals surface area contributed by atoms with Crippen LogP contribution in [0, 0.1) is 0 Å². The van der Waals surface area contributed by atoms with Gasteiger partial charge in [-0.2, -0.15) is 15.0 Å². The first-order chi connectivity index (χ1) is 14.3. The van der Waals surface area contributed by atoms with E-state index >= 15 is 0 Å². The molecule has 0 amide bonds. The summed E-state index contributed by atoms with van der Waals surface area (Å²) < 4.78 is 5.32. The van der Waals surface area contributed by atoms with Crippen LogP contribution >= 0.6 is 0 Å². The lowest BCUT2D eigenvalue weighted by Gasteiger charge is -2.30. The quantitative estimate of drug-likeness (QED) is 0.356. The highest BCUT2D eigenvalue weighted by Gasteiger charge is 2.20. The van der Waals surface area contributed by atoms with Gasteiger partial charge in [0.05, 0.1) is 7.11 Å². The van der Waals surface area contributed by atoms with Crippen LogP contribution in [0.15, 0.2) is 24.3 Å². The van der Waals surface area contributed by atoms with E-state index in [9.17, 15) is 0 Å². The first-order valence-electron chi connectivity index (χ1n) is 10.9. The molecule has 0 unspecified atom stereocenters. The Bertz CT molecular complexity index is 777. The average molecular weight is 473 g/mol. The fourth-order valence-corrected chi connectivity index (χ4v) is 4.05. The fraction of sp³-hybridized carbons (Fsp3) is 0.591. The predicted molar refractivity (Wildman–Crippen MR) is 146 cm³/mol. The summed E-state index contributed by atoms with van der Waals surface area (Å²) in [7, 11) is 1.70. The fourth-order valence-electron chi connectivity index (χ4n) is 4.05. The third-order valence-electron chi connectivity index (χ3n) is 5.72. The summed E-state index contributed by atoms with van der Waals surface area (Å²) >= 11 is 0. The lowest BCUT2D eigenvalue weighted by Crippen LogP contribution is -2.34. The van der Waals surface area contributed by atoms with Gasteiger partial charge in [-0.05, 0) is 62.6 Å². The van der Waals surface area contributed by atoms with Crippen LogP contribution in [0.5, 0.6) is 5.75 Å². The highest BCUT2D eigenvalue weighted by Crippen LogP contribution is 2.22. The van der Waals surface area contributed by atoms with Crippen LogP contribution in [0.25, 0.3) is 0 Å². The van der Waals surface area contributed by atoms with E-state index in [0.717, 1.165) is 56.8 Å². The van der Waals surface area contributed by atoms with Gasteiger partial charge in [0, 0.05) is 38.4 Å². The lowest BCUT2D eigenvalue weighted by molar-refractivity contribution is 0.414. The molecule has 2 aliphatic rings. The number of aromatic nitrogens is 3. The zero-order valence-electron chi connectivity index (χ0n) is 20.3. The molecule has 0 atom stereocenters. The second kappa shape index (κ2) is 15.2. The number of piperidine rings is 2. The monoisotopic (exact) mass is 472 g/mol. The Labute approximate surface area is 204 Å². The van der Waals surface area contributed by atoms with Crippen LogP contribution in [0.1, 0.15) is 49.8 Å². The summed E-state index contributed by atoms with van der Waals surface area (Å²) in [5.74, 6) is 3.22. The number of methoxy groups -OCH3 is 1. The number of hydrogen-bond acceptors (Lipinski definition) is 11. The molecule has 2 aromatic rings. The second-order valence-electron chi connectivity index (χ2n) is 7.88. The maximum atomic E-state index is 5.32. The van der Waals surface area contributed by atoms with Crippen LogP contribution in [-0.2, 0) is 6.42 Å². The molecule has 2 fully saturated rings. The molecular weight excluding hydrogens is 420 g/mol. The number of anilines is 3. The number of rotatable bonds is 7. The molecule has 0 saturated carbocycles. The Kier molecular flexibility index (Phi) is 13.9.